The fourth-order valence-corrected chi connectivity index (χ4v) is 2.88. The summed E-state index contributed by atoms with van der Waals surface area (Å²) in [5.41, 5.74) is 4.14. The van der Waals surface area contributed by atoms with Gasteiger partial charge in [0.2, 0.25) is 0 Å². The molecule has 0 spiro atoms. The molecule has 146 valence electrons. The van der Waals surface area contributed by atoms with E-state index in [-0.39, 0.29) is 12.6 Å². The number of carbonyl (C=O) groups excluding carboxylic acids is 1. The predicted octanol–water partition coefficient (Wildman–Crippen LogP) is 3.88. The molecule has 7 heteroatoms. The molecule has 4 rings (SSSR count). The van der Waals surface area contributed by atoms with E-state index >= 15 is 0 Å². The molecule has 4 aromatic rings. The Hall–Kier alpha value is -3.87. The van der Waals surface area contributed by atoms with Gasteiger partial charge in [-0.1, -0.05) is 42.5 Å². The Balaban J connectivity index is 1.35. The Kier molecular flexibility index (Phi) is 5.11. The second-order valence-electron chi connectivity index (χ2n) is 6.63. The van der Waals surface area contributed by atoms with Crippen LogP contribution in [0.1, 0.15) is 16.2 Å². The van der Waals surface area contributed by atoms with Gasteiger partial charge in [-0.25, -0.2) is 4.68 Å². The molecule has 2 aromatic carbocycles. The van der Waals surface area contributed by atoms with Gasteiger partial charge in [-0.05, 0) is 36.2 Å². The maximum Gasteiger partial charge on any atom is 0.276 e. The quantitative estimate of drug-likeness (QED) is 0.545. The molecule has 29 heavy (non-hydrogen) atoms. The summed E-state index contributed by atoms with van der Waals surface area (Å²) in [4.78, 5) is 12.4. The van der Waals surface area contributed by atoms with Crippen LogP contribution < -0.4 is 10.1 Å². The molecule has 0 radical (unpaired) electrons. The molecule has 0 unspecified atom stereocenters. The molecule has 7 nitrogen and oxygen atoms in total. The number of hydrogen-bond acceptors (Lipinski definition) is 4. The summed E-state index contributed by atoms with van der Waals surface area (Å²) in [5, 5.41) is 11.2. The Labute approximate surface area is 168 Å². The van der Waals surface area contributed by atoms with E-state index in [0.29, 0.717) is 11.4 Å². The summed E-state index contributed by atoms with van der Waals surface area (Å²) in [7, 11) is 1.82. The van der Waals surface area contributed by atoms with Crippen molar-refractivity contribution in [3.63, 3.8) is 0 Å². The Bertz CT molecular complexity index is 1110. The van der Waals surface area contributed by atoms with Crippen LogP contribution in [0.25, 0.3) is 11.1 Å². The Morgan fingerprint density at radius 3 is 2.45 bits per heavy atom. The lowest BCUT2D eigenvalue weighted by Gasteiger charge is -2.07. The molecule has 1 N–H and O–H groups in total. The number of nitrogens with zero attached hydrogens (tertiary/aromatic N) is 4. The minimum Gasteiger partial charge on any atom is -0.471 e. The van der Waals surface area contributed by atoms with Crippen LogP contribution in [0.3, 0.4) is 0 Å². The second kappa shape index (κ2) is 8.02. The van der Waals surface area contributed by atoms with Crippen molar-refractivity contribution in [1.82, 2.24) is 19.6 Å². The first kappa shape index (κ1) is 18.5. The number of rotatable bonds is 6. The van der Waals surface area contributed by atoms with Crippen LogP contribution in [0.4, 0.5) is 5.69 Å². The molecule has 0 aliphatic rings. The highest BCUT2D eigenvalue weighted by Gasteiger charge is 2.13. The number of benzene rings is 2. The highest BCUT2D eigenvalue weighted by Crippen LogP contribution is 2.22. The Morgan fingerprint density at radius 2 is 1.76 bits per heavy atom. The standard InChI is InChI=1S/C22H21N5O2/c1-16-21(14-23-26(16)2)24-22(28)20-12-13-27(25-20)15-29-19-10-8-18(9-11-19)17-6-4-3-5-7-17/h3-14H,15H2,1-2H3,(H,24,28). The van der Waals surface area contributed by atoms with Gasteiger partial charge in [0.05, 0.1) is 17.6 Å². The van der Waals surface area contributed by atoms with Crippen molar-refractivity contribution in [3.8, 4) is 16.9 Å². The highest BCUT2D eigenvalue weighted by atomic mass is 16.5. The first-order valence-corrected chi connectivity index (χ1v) is 9.22. The minimum absolute atomic E-state index is 0.212. The topological polar surface area (TPSA) is 74.0 Å². The normalized spacial score (nSPS) is 10.7. The van der Waals surface area contributed by atoms with Crippen LogP contribution in [-0.4, -0.2) is 25.5 Å². The summed E-state index contributed by atoms with van der Waals surface area (Å²) in [6.45, 7) is 2.10. The average Bonchev–Trinajstić information content (AvgIpc) is 3.36. The third-order valence-corrected chi connectivity index (χ3v) is 4.68. The molecule has 0 saturated carbocycles. The molecule has 2 heterocycles. The number of hydrogen-bond donors (Lipinski definition) is 1. The first-order chi connectivity index (χ1) is 14.1. The molecule has 0 bridgehead atoms. The molecule has 0 fully saturated rings. The maximum absolute atomic E-state index is 12.4. The van der Waals surface area contributed by atoms with Crippen molar-refractivity contribution in [1.29, 1.82) is 0 Å². The summed E-state index contributed by atoms with van der Waals surface area (Å²) in [6, 6.07) is 19.7. The first-order valence-electron chi connectivity index (χ1n) is 9.22. The predicted molar refractivity (Wildman–Crippen MR) is 111 cm³/mol. The molecule has 0 atom stereocenters. The lowest BCUT2D eigenvalue weighted by atomic mass is 10.1. The van der Waals surface area contributed by atoms with Crippen LogP contribution in [0.2, 0.25) is 0 Å². The van der Waals surface area contributed by atoms with E-state index < -0.39 is 0 Å². The maximum atomic E-state index is 12.4. The zero-order chi connectivity index (χ0) is 20.2. The molecular formula is C22H21N5O2. The van der Waals surface area contributed by atoms with Crippen LogP contribution >= 0.6 is 0 Å². The summed E-state index contributed by atoms with van der Waals surface area (Å²) in [5.74, 6) is 0.448. The highest BCUT2D eigenvalue weighted by molar-refractivity contribution is 6.03. The van der Waals surface area contributed by atoms with E-state index in [4.69, 9.17) is 4.74 Å². The molecule has 1 amide bonds. The largest absolute Gasteiger partial charge is 0.471 e. The van der Waals surface area contributed by atoms with Crippen LogP contribution in [0, 0.1) is 6.92 Å². The van der Waals surface area contributed by atoms with Crippen LogP contribution in [0.15, 0.2) is 73.1 Å². The number of aryl methyl sites for hydroxylation is 1. The number of ether oxygens (including phenoxy) is 1. The molecular weight excluding hydrogens is 366 g/mol. The monoisotopic (exact) mass is 387 g/mol. The van der Waals surface area contributed by atoms with Gasteiger partial charge < -0.3 is 10.1 Å². The summed E-state index contributed by atoms with van der Waals surface area (Å²) >= 11 is 0. The third-order valence-electron chi connectivity index (χ3n) is 4.68. The number of anilines is 1. The van der Waals surface area contributed by atoms with Gasteiger partial charge in [-0.3, -0.25) is 9.48 Å². The van der Waals surface area contributed by atoms with E-state index in [9.17, 15) is 4.79 Å². The van der Waals surface area contributed by atoms with Crippen molar-refractivity contribution < 1.29 is 9.53 Å². The van der Waals surface area contributed by atoms with Gasteiger partial charge in [0.15, 0.2) is 12.4 Å². The minimum atomic E-state index is -0.285. The fourth-order valence-electron chi connectivity index (χ4n) is 2.88. The summed E-state index contributed by atoms with van der Waals surface area (Å²) < 4.78 is 9.05. The van der Waals surface area contributed by atoms with Gasteiger partial charge in [0, 0.05) is 13.2 Å². The molecule has 0 aliphatic heterocycles. The number of carbonyl (C=O) groups is 1. The summed E-state index contributed by atoms with van der Waals surface area (Å²) in [6.07, 6.45) is 3.33. The number of amides is 1. The smallest absolute Gasteiger partial charge is 0.276 e. The van der Waals surface area contributed by atoms with Crippen LogP contribution in [-0.2, 0) is 13.8 Å². The van der Waals surface area contributed by atoms with Crippen molar-refractivity contribution >= 4 is 11.6 Å². The Morgan fingerprint density at radius 1 is 1.03 bits per heavy atom. The van der Waals surface area contributed by atoms with E-state index in [1.54, 1.807) is 27.8 Å². The van der Waals surface area contributed by atoms with Gasteiger partial charge in [-0.15, -0.1) is 0 Å². The number of aromatic nitrogens is 4. The molecule has 0 saturated heterocycles. The number of nitrogens with one attached hydrogen (secondary N) is 1. The van der Waals surface area contributed by atoms with Gasteiger partial charge >= 0.3 is 0 Å². The SMILES string of the molecule is Cc1c(NC(=O)c2ccn(COc3ccc(-c4ccccc4)cc3)n2)cnn1C. The van der Waals surface area contributed by atoms with Gasteiger partial charge in [-0.2, -0.15) is 10.2 Å². The molecule has 2 aromatic heterocycles. The zero-order valence-corrected chi connectivity index (χ0v) is 16.2. The third kappa shape index (κ3) is 4.19. The lowest BCUT2D eigenvalue weighted by Crippen LogP contribution is -2.14. The van der Waals surface area contributed by atoms with E-state index in [1.165, 1.54) is 0 Å². The molecule has 0 aliphatic carbocycles. The van der Waals surface area contributed by atoms with E-state index in [1.807, 2.05) is 56.4 Å². The average molecular weight is 387 g/mol. The second-order valence-corrected chi connectivity index (χ2v) is 6.63. The van der Waals surface area contributed by atoms with E-state index in [0.717, 1.165) is 22.6 Å². The van der Waals surface area contributed by atoms with Crippen molar-refractivity contribution in [2.75, 3.05) is 5.32 Å². The fraction of sp³-hybridized carbons (Fsp3) is 0.136. The van der Waals surface area contributed by atoms with Gasteiger partial charge in [0.25, 0.3) is 5.91 Å². The van der Waals surface area contributed by atoms with Crippen molar-refractivity contribution in [3.05, 3.63) is 84.4 Å². The zero-order valence-electron chi connectivity index (χ0n) is 16.2. The lowest BCUT2D eigenvalue weighted by molar-refractivity contribution is 0.102. The van der Waals surface area contributed by atoms with Crippen molar-refractivity contribution in [2.24, 2.45) is 7.05 Å². The van der Waals surface area contributed by atoms with Crippen LogP contribution in [0.5, 0.6) is 5.75 Å². The van der Waals surface area contributed by atoms with E-state index in [2.05, 4.69) is 27.6 Å². The van der Waals surface area contributed by atoms with Crippen molar-refractivity contribution in [2.45, 2.75) is 13.7 Å². The van der Waals surface area contributed by atoms with Gasteiger partial charge in [0.1, 0.15) is 5.75 Å².